The van der Waals surface area contributed by atoms with Crippen molar-refractivity contribution in [1.82, 2.24) is 0 Å². The quantitative estimate of drug-likeness (QED) is 0.510. The molecule has 0 aliphatic rings. The normalized spacial score (nSPS) is 10.2. The molecule has 2 aromatic rings. The van der Waals surface area contributed by atoms with Gasteiger partial charge in [0.1, 0.15) is 23.7 Å². The molecule has 2 aromatic carbocycles. The molecular formula is C14H12ClNO4S. The van der Waals surface area contributed by atoms with E-state index in [4.69, 9.17) is 21.1 Å². The molecule has 0 radical (unpaired) electrons. The molecule has 2 rings (SSSR count). The van der Waals surface area contributed by atoms with Gasteiger partial charge in [0.2, 0.25) is 0 Å². The van der Waals surface area contributed by atoms with Crippen LogP contribution in [0.2, 0.25) is 5.02 Å². The molecule has 5 nitrogen and oxygen atoms in total. The van der Waals surface area contributed by atoms with Gasteiger partial charge in [-0.25, -0.2) is 0 Å². The van der Waals surface area contributed by atoms with Gasteiger partial charge in [-0.2, -0.15) is 0 Å². The summed E-state index contributed by atoms with van der Waals surface area (Å²) in [6, 6.07) is 9.62. The zero-order valence-electron chi connectivity index (χ0n) is 11.1. The first-order valence-electron chi connectivity index (χ1n) is 5.94. The van der Waals surface area contributed by atoms with Crippen LogP contribution in [0.4, 0.5) is 5.69 Å². The molecule has 0 heterocycles. The van der Waals surface area contributed by atoms with E-state index in [1.54, 1.807) is 30.3 Å². The lowest BCUT2D eigenvalue weighted by Crippen LogP contribution is -2.03. The lowest BCUT2D eigenvalue weighted by atomic mass is 10.1. The summed E-state index contributed by atoms with van der Waals surface area (Å²) in [6.45, 7) is -0.0219. The average molecular weight is 326 g/mol. The number of hydrogen-bond donors (Lipinski definition) is 1. The molecule has 110 valence electrons. The third-order valence-electron chi connectivity index (χ3n) is 2.81. The molecule has 0 unspecified atom stereocenters. The lowest BCUT2D eigenvalue weighted by Gasteiger charge is -2.11. The van der Waals surface area contributed by atoms with Crippen LogP contribution in [0.3, 0.4) is 0 Å². The number of hydrogen-bond acceptors (Lipinski definition) is 5. The van der Waals surface area contributed by atoms with Crippen LogP contribution in [-0.4, -0.2) is 12.0 Å². The number of rotatable bonds is 5. The first-order valence-corrected chi connectivity index (χ1v) is 6.77. The highest BCUT2D eigenvalue weighted by Crippen LogP contribution is 2.32. The molecule has 7 heteroatoms. The van der Waals surface area contributed by atoms with Crippen LogP contribution in [0.5, 0.6) is 11.5 Å². The van der Waals surface area contributed by atoms with E-state index >= 15 is 0 Å². The van der Waals surface area contributed by atoms with Crippen molar-refractivity contribution in [2.75, 3.05) is 7.11 Å². The largest absolute Gasteiger partial charge is 0.496 e. The molecule has 0 saturated carbocycles. The van der Waals surface area contributed by atoms with Gasteiger partial charge in [-0.1, -0.05) is 17.7 Å². The fourth-order valence-electron chi connectivity index (χ4n) is 1.82. The molecule has 0 amide bonds. The van der Waals surface area contributed by atoms with Crippen molar-refractivity contribution >= 4 is 29.9 Å². The van der Waals surface area contributed by atoms with Gasteiger partial charge < -0.3 is 9.47 Å². The van der Waals surface area contributed by atoms with E-state index in [2.05, 4.69) is 12.6 Å². The van der Waals surface area contributed by atoms with E-state index in [9.17, 15) is 10.1 Å². The number of nitrogens with zero attached hydrogens (tertiary/aromatic N) is 1. The Kier molecular flexibility index (Phi) is 4.93. The number of benzene rings is 2. The van der Waals surface area contributed by atoms with Gasteiger partial charge in [0.05, 0.1) is 17.1 Å². The van der Waals surface area contributed by atoms with Crippen LogP contribution in [0, 0.1) is 10.1 Å². The van der Waals surface area contributed by atoms with Crippen LogP contribution in [0.1, 0.15) is 5.56 Å². The van der Waals surface area contributed by atoms with Gasteiger partial charge in [0, 0.05) is 11.0 Å². The summed E-state index contributed by atoms with van der Waals surface area (Å²) >= 11 is 10.2. The monoisotopic (exact) mass is 325 g/mol. The van der Waals surface area contributed by atoms with Crippen LogP contribution in [0.25, 0.3) is 0 Å². The molecule has 0 atom stereocenters. The Morgan fingerprint density at radius 2 is 2.05 bits per heavy atom. The highest BCUT2D eigenvalue weighted by molar-refractivity contribution is 7.80. The van der Waals surface area contributed by atoms with E-state index in [0.29, 0.717) is 27.0 Å². The van der Waals surface area contributed by atoms with Gasteiger partial charge in [-0.05, 0) is 24.3 Å². The minimum absolute atomic E-state index is 0.0219. The third kappa shape index (κ3) is 3.59. The molecule has 0 aromatic heterocycles. The van der Waals surface area contributed by atoms with E-state index in [1.165, 1.54) is 13.2 Å². The Morgan fingerprint density at radius 3 is 2.67 bits per heavy atom. The molecular weight excluding hydrogens is 314 g/mol. The summed E-state index contributed by atoms with van der Waals surface area (Å²) in [5.74, 6) is 0.820. The zero-order valence-corrected chi connectivity index (χ0v) is 12.7. The zero-order chi connectivity index (χ0) is 15.4. The summed E-state index contributed by atoms with van der Waals surface area (Å²) in [6.07, 6.45) is 0. The molecule has 0 N–H and O–H groups in total. The Bertz CT molecular complexity index is 678. The van der Waals surface area contributed by atoms with Crippen molar-refractivity contribution in [2.45, 2.75) is 11.5 Å². The fourth-order valence-corrected chi connectivity index (χ4v) is 2.33. The molecule has 21 heavy (non-hydrogen) atoms. The van der Waals surface area contributed by atoms with Crippen molar-refractivity contribution in [1.29, 1.82) is 0 Å². The van der Waals surface area contributed by atoms with Crippen molar-refractivity contribution in [2.24, 2.45) is 0 Å². The van der Waals surface area contributed by atoms with Crippen LogP contribution >= 0.6 is 24.2 Å². The van der Waals surface area contributed by atoms with Crippen molar-refractivity contribution in [3.8, 4) is 11.5 Å². The van der Waals surface area contributed by atoms with Gasteiger partial charge >= 0.3 is 0 Å². The lowest BCUT2D eigenvalue weighted by molar-refractivity contribution is -0.385. The Hall–Kier alpha value is -1.92. The standard InChI is InChI=1S/C14H12ClNO4S/c1-19-13-4-2-3-12(16(17)18)10(13)8-20-14-6-5-9(21)7-11(14)15/h2-7,21H,8H2,1H3. The molecule has 0 spiro atoms. The van der Waals surface area contributed by atoms with Crippen LogP contribution in [-0.2, 0) is 6.61 Å². The van der Waals surface area contributed by atoms with Crippen molar-refractivity contribution in [3.05, 3.63) is 57.1 Å². The van der Waals surface area contributed by atoms with Gasteiger partial charge in [0.15, 0.2) is 0 Å². The molecule has 0 bridgehead atoms. The molecule has 0 aliphatic heterocycles. The summed E-state index contributed by atoms with van der Waals surface area (Å²) in [4.78, 5) is 11.3. The molecule has 0 aliphatic carbocycles. The smallest absolute Gasteiger partial charge is 0.279 e. The SMILES string of the molecule is COc1cccc([N+](=O)[O-])c1COc1ccc(S)cc1Cl. The van der Waals surface area contributed by atoms with E-state index in [-0.39, 0.29) is 12.3 Å². The second-order valence-corrected chi connectivity index (χ2v) is 5.04. The Morgan fingerprint density at radius 1 is 1.29 bits per heavy atom. The first-order chi connectivity index (χ1) is 10.0. The number of ether oxygens (including phenoxy) is 2. The number of nitro groups is 1. The maximum atomic E-state index is 11.1. The maximum absolute atomic E-state index is 11.1. The summed E-state index contributed by atoms with van der Waals surface area (Å²) < 4.78 is 10.7. The van der Waals surface area contributed by atoms with Crippen molar-refractivity contribution in [3.63, 3.8) is 0 Å². The van der Waals surface area contributed by atoms with Crippen molar-refractivity contribution < 1.29 is 14.4 Å². The summed E-state index contributed by atoms with van der Waals surface area (Å²) in [7, 11) is 1.45. The molecule has 0 saturated heterocycles. The van der Waals surface area contributed by atoms with Gasteiger partial charge in [-0.3, -0.25) is 10.1 Å². The average Bonchev–Trinajstić information content (AvgIpc) is 2.45. The third-order valence-corrected chi connectivity index (χ3v) is 3.39. The first kappa shape index (κ1) is 15.5. The van der Waals surface area contributed by atoms with E-state index in [0.717, 1.165) is 0 Å². The number of methoxy groups -OCH3 is 1. The van der Waals surface area contributed by atoms with Crippen LogP contribution in [0.15, 0.2) is 41.3 Å². The fraction of sp³-hybridized carbons (Fsp3) is 0.143. The van der Waals surface area contributed by atoms with E-state index < -0.39 is 4.92 Å². The predicted octanol–water partition coefficient (Wildman–Crippen LogP) is 4.12. The maximum Gasteiger partial charge on any atom is 0.279 e. The second-order valence-electron chi connectivity index (χ2n) is 4.12. The van der Waals surface area contributed by atoms with E-state index in [1.807, 2.05) is 0 Å². The van der Waals surface area contributed by atoms with Gasteiger partial charge in [-0.15, -0.1) is 12.6 Å². The Labute approximate surface area is 132 Å². The topological polar surface area (TPSA) is 61.6 Å². The predicted molar refractivity (Wildman–Crippen MR) is 82.7 cm³/mol. The van der Waals surface area contributed by atoms with Gasteiger partial charge in [0.25, 0.3) is 5.69 Å². The minimum Gasteiger partial charge on any atom is -0.496 e. The highest BCUT2D eigenvalue weighted by Gasteiger charge is 2.19. The Balaban J connectivity index is 2.28. The minimum atomic E-state index is -0.473. The second kappa shape index (κ2) is 6.69. The molecule has 0 fully saturated rings. The number of thiol groups is 1. The summed E-state index contributed by atoms with van der Waals surface area (Å²) in [5.41, 5.74) is 0.298. The summed E-state index contributed by atoms with van der Waals surface area (Å²) in [5, 5.41) is 11.5. The van der Waals surface area contributed by atoms with Crippen LogP contribution < -0.4 is 9.47 Å². The number of halogens is 1. The number of nitro benzene ring substituents is 1. The highest BCUT2D eigenvalue weighted by atomic mass is 35.5.